The zero-order valence-corrected chi connectivity index (χ0v) is 8.80. The molecule has 1 rings (SSSR count). The van der Waals surface area contributed by atoms with Gasteiger partial charge in [0.15, 0.2) is 0 Å². The molecule has 0 aliphatic rings. The van der Waals surface area contributed by atoms with Gasteiger partial charge in [-0.05, 0) is 43.0 Å². The van der Waals surface area contributed by atoms with Crippen LogP contribution in [0.3, 0.4) is 0 Å². The molecule has 0 amide bonds. The van der Waals surface area contributed by atoms with E-state index in [-0.39, 0.29) is 12.2 Å². The largest absolute Gasteiger partial charge is 0.508 e. The lowest BCUT2D eigenvalue weighted by Gasteiger charge is -2.14. The third-order valence-electron chi connectivity index (χ3n) is 2.36. The van der Waals surface area contributed by atoms with Crippen molar-refractivity contribution >= 4 is 0 Å². The van der Waals surface area contributed by atoms with Gasteiger partial charge in [-0.3, -0.25) is 0 Å². The summed E-state index contributed by atoms with van der Waals surface area (Å²) in [6, 6.07) is 2.17. The summed E-state index contributed by atoms with van der Waals surface area (Å²) in [4.78, 5) is 0. The minimum atomic E-state index is -2.56. The predicted octanol–water partition coefficient (Wildman–Crippen LogP) is 2.14. The lowest BCUT2D eigenvalue weighted by molar-refractivity contribution is 0.115. The number of hydrogen-bond acceptors (Lipinski definition) is 2. The zero-order chi connectivity index (χ0) is 11.6. The van der Waals surface area contributed by atoms with Crippen LogP contribution in [0.25, 0.3) is 0 Å². The van der Waals surface area contributed by atoms with Gasteiger partial charge < -0.3 is 10.8 Å². The van der Waals surface area contributed by atoms with Gasteiger partial charge in [-0.2, -0.15) is 0 Å². The van der Waals surface area contributed by atoms with Crippen LogP contribution in [0.2, 0.25) is 0 Å². The van der Waals surface area contributed by atoms with E-state index < -0.39 is 12.5 Å². The van der Waals surface area contributed by atoms with E-state index in [0.29, 0.717) is 5.56 Å². The van der Waals surface area contributed by atoms with Gasteiger partial charge in [0, 0.05) is 0 Å². The summed E-state index contributed by atoms with van der Waals surface area (Å²) in [6.45, 7) is 3.61. The molecule has 0 heterocycles. The number of halogens is 2. The number of phenolic OH excluding ortho intramolecular Hbond substituents is 1. The lowest BCUT2D eigenvalue weighted by atomic mass is 9.98. The Labute approximate surface area is 87.7 Å². The molecule has 3 N–H and O–H groups in total. The van der Waals surface area contributed by atoms with Crippen LogP contribution >= 0.6 is 0 Å². The topological polar surface area (TPSA) is 46.2 Å². The summed E-state index contributed by atoms with van der Waals surface area (Å²) < 4.78 is 24.5. The highest BCUT2D eigenvalue weighted by Gasteiger charge is 2.18. The molecule has 0 radical (unpaired) electrons. The molecule has 1 aromatic carbocycles. The minimum Gasteiger partial charge on any atom is -0.508 e. The van der Waals surface area contributed by atoms with Gasteiger partial charge in [0.05, 0.1) is 6.04 Å². The van der Waals surface area contributed by atoms with Gasteiger partial charge in [-0.1, -0.05) is 6.07 Å². The van der Waals surface area contributed by atoms with E-state index in [0.717, 1.165) is 11.1 Å². The van der Waals surface area contributed by atoms with Crippen molar-refractivity contribution in [2.45, 2.75) is 32.7 Å². The second-order valence-corrected chi connectivity index (χ2v) is 3.78. The maximum absolute atomic E-state index is 12.3. The maximum atomic E-state index is 12.3. The van der Waals surface area contributed by atoms with Crippen LogP contribution in [-0.4, -0.2) is 17.6 Å². The third-order valence-corrected chi connectivity index (χ3v) is 2.36. The molecule has 0 saturated heterocycles. The highest BCUT2D eigenvalue weighted by molar-refractivity contribution is 5.42. The molecular weight excluding hydrogens is 200 g/mol. The molecule has 1 atom stereocenters. The van der Waals surface area contributed by atoms with Crippen LogP contribution in [0.5, 0.6) is 5.75 Å². The molecule has 0 fully saturated rings. The molecule has 2 nitrogen and oxygen atoms in total. The van der Waals surface area contributed by atoms with E-state index in [2.05, 4.69) is 0 Å². The van der Waals surface area contributed by atoms with Crippen molar-refractivity contribution in [3.05, 3.63) is 28.8 Å². The number of rotatable bonds is 3. The van der Waals surface area contributed by atoms with Crippen LogP contribution in [0.1, 0.15) is 16.7 Å². The van der Waals surface area contributed by atoms with E-state index >= 15 is 0 Å². The van der Waals surface area contributed by atoms with Gasteiger partial charge in [-0.15, -0.1) is 0 Å². The van der Waals surface area contributed by atoms with Gasteiger partial charge in [0.2, 0.25) is 0 Å². The number of phenols is 1. The number of hydrogen-bond donors (Lipinski definition) is 2. The highest BCUT2D eigenvalue weighted by Crippen LogP contribution is 2.24. The SMILES string of the molecule is Cc1cc(C)c(CC(N)C(F)F)c(O)c1. The van der Waals surface area contributed by atoms with Crippen molar-refractivity contribution in [1.82, 2.24) is 0 Å². The Morgan fingerprint density at radius 3 is 2.40 bits per heavy atom. The first-order valence-corrected chi connectivity index (χ1v) is 4.74. The smallest absolute Gasteiger partial charge is 0.253 e. The number of nitrogens with two attached hydrogens (primary N) is 1. The van der Waals surface area contributed by atoms with Gasteiger partial charge >= 0.3 is 0 Å². The number of benzene rings is 1. The fourth-order valence-corrected chi connectivity index (χ4v) is 1.57. The first-order chi connectivity index (χ1) is 6.91. The monoisotopic (exact) mass is 215 g/mol. The Bertz CT molecular complexity index is 329. The molecule has 1 unspecified atom stereocenters. The van der Waals surface area contributed by atoms with Gasteiger partial charge in [-0.25, -0.2) is 8.78 Å². The normalized spacial score (nSPS) is 13.2. The summed E-state index contributed by atoms with van der Waals surface area (Å²) in [6.07, 6.45) is -2.57. The van der Waals surface area contributed by atoms with Crippen LogP contribution in [0.15, 0.2) is 12.1 Å². The van der Waals surface area contributed by atoms with Crippen molar-refractivity contribution in [1.29, 1.82) is 0 Å². The van der Waals surface area contributed by atoms with Crippen LogP contribution in [0.4, 0.5) is 8.78 Å². The lowest BCUT2D eigenvalue weighted by Crippen LogP contribution is -2.31. The van der Waals surface area contributed by atoms with Crippen molar-refractivity contribution in [2.24, 2.45) is 5.73 Å². The standard InChI is InChI=1S/C11H15F2NO/c1-6-3-7(2)8(10(15)4-6)5-9(14)11(12)13/h3-4,9,11,15H,5,14H2,1-2H3. The molecule has 0 saturated carbocycles. The fourth-order valence-electron chi connectivity index (χ4n) is 1.57. The molecule has 0 aliphatic carbocycles. The number of alkyl halides is 2. The Balaban J connectivity index is 2.95. The second-order valence-electron chi connectivity index (χ2n) is 3.78. The van der Waals surface area contributed by atoms with Crippen molar-refractivity contribution in [2.75, 3.05) is 0 Å². The number of aromatic hydroxyl groups is 1. The van der Waals surface area contributed by atoms with E-state index in [1.54, 1.807) is 13.0 Å². The van der Waals surface area contributed by atoms with Crippen LogP contribution < -0.4 is 5.73 Å². The van der Waals surface area contributed by atoms with Crippen LogP contribution in [-0.2, 0) is 6.42 Å². The van der Waals surface area contributed by atoms with E-state index in [1.165, 1.54) is 0 Å². The number of aryl methyl sites for hydroxylation is 2. The Kier molecular flexibility index (Phi) is 3.63. The maximum Gasteiger partial charge on any atom is 0.253 e. The predicted molar refractivity (Wildman–Crippen MR) is 55.3 cm³/mol. The van der Waals surface area contributed by atoms with E-state index in [9.17, 15) is 13.9 Å². The summed E-state index contributed by atoms with van der Waals surface area (Å²) in [5.41, 5.74) is 7.47. The average molecular weight is 215 g/mol. The molecular formula is C11H15F2NO. The first kappa shape index (κ1) is 11.9. The second kappa shape index (κ2) is 4.57. The minimum absolute atomic E-state index is 0.00435. The molecule has 0 bridgehead atoms. The molecule has 4 heteroatoms. The fraction of sp³-hybridized carbons (Fsp3) is 0.455. The molecule has 0 aliphatic heterocycles. The van der Waals surface area contributed by atoms with Crippen molar-refractivity contribution in [3.63, 3.8) is 0 Å². The van der Waals surface area contributed by atoms with Crippen molar-refractivity contribution in [3.8, 4) is 5.75 Å². The Morgan fingerprint density at radius 1 is 1.33 bits per heavy atom. The Morgan fingerprint density at radius 2 is 1.93 bits per heavy atom. The van der Waals surface area contributed by atoms with E-state index in [1.807, 2.05) is 13.0 Å². The van der Waals surface area contributed by atoms with Crippen molar-refractivity contribution < 1.29 is 13.9 Å². The highest BCUT2D eigenvalue weighted by atomic mass is 19.3. The van der Waals surface area contributed by atoms with Gasteiger partial charge in [0.1, 0.15) is 5.75 Å². The third kappa shape index (κ3) is 2.89. The summed E-state index contributed by atoms with van der Waals surface area (Å²) in [7, 11) is 0. The average Bonchev–Trinajstić information content (AvgIpc) is 2.10. The summed E-state index contributed by atoms with van der Waals surface area (Å²) >= 11 is 0. The quantitative estimate of drug-likeness (QED) is 0.811. The van der Waals surface area contributed by atoms with Gasteiger partial charge in [0.25, 0.3) is 6.43 Å². The summed E-state index contributed by atoms with van der Waals surface area (Å²) in [5.74, 6) is 0.0450. The zero-order valence-electron chi connectivity index (χ0n) is 8.80. The Hall–Kier alpha value is -1.16. The first-order valence-electron chi connectivity index (χ1n) is 4.74. The van der Waals surface area contributed by atoms with Crippen LogP contribution in [0, 0.1) is 13.8 Å². The molecule has 84 valence electrons. The van der Waals surface area contributed by atoms with E-state index in [4.69, 9.17) is 5.73 Å². The molecule has 0 spiro atoms. The molecule has 15 heavy (non-hydrogen) atoms. The molecule has 1 aromatic rings. The molecule has 0 aromatic heterocycles. The summed E-state index contributed by atoms with van der Waals surface area (Å²) in [5, 5.41) is 9.60.